The zero-order valence-corrected chi connectivity index (χ0v) is 11.3. The quantitative estimate of drug-likeness (QED) is 0.770. The van der Waals surface area contributed by atoms with Gasteiger partial charge in [0.1, 0.15) is 11.9 Å². The summed E-state index contributed by atoms with van der Waals surface area (Å²) in [6.45, 7) is 1.06. The lowest BCUT2D eigenvalue weighted by Crippen LogP contribution is -2.11. The van der Waals surface area contributed by atoms with E-state index >= 15 is 0 Å². The molecular weight excluding hydrogens is 238 g/mol. The summed E-state index contributed by atoms with van der Waals surface area (Å²) in [5.41, 5.74) is 3.06. The fourth-order valence-corrected chi connectivity index (χ4v) is 2.47. The van der Waals surface area contributed by atoms with Gasteiger partial charge in [0.25, 0.3) is 0 Å². The van der Waals surface area contributed by atoms with E-state index < -0.39 is 0 Å². The van der Waals surface area contributed by atoms with Crippen LogP contribution >= 0.6 is 0 Å². The van der Waals surface area contributed by atoms with Gasteiger partial charge >= 0.3 is 0 Å². The first-order valence-corrected chi connectivity index (χ1v) is 7.13. The first-order chi connectivity index (χ1) is 9.35. The molecule has 0 saturated heterocycles. The maximum Gasteiger partial charge on any atom is 0.144 e. The third-order valence-corrected chi connectivity index (χ3v) is 3.55. The number of unbranched alkanes of at least 4 members (excludes halogenated alkanes) is 2. The molecule has 0 unspecified atom stereocenters. The highest BCUT2D eigenvalue weighted by atomic mass is 16.2. The predicted molar refractivity (Wildman–Crippen MR) is 75.0 cm³/mol. The Kier molecular flexibility index (Phi) is 5.17. The van der Waals surface area contributed by atoms with E-state index in [4.69, 9.17) is 5.11 Å². The molecule has 0 bridgehead atoms. The van der Waals surface area contributed by atoms with E-state index in [0.29, 0.717) is 5.56 Å². The Morgan fingerprint density at radius 2 is 2.11 bits per heavy atom. The van der Waals surface area contributed by atoms with Crippen LogP contribution in [0.2, 0.25) is 0 Å². The van der Waals surface area contributed by atoms with Gasteiger partial charge in [-0.3, -0.25) is 0 Å². The van der Waals surface area contributed by atoms with E-state index in [-0.39, 0.29) is 6.61 Å². The molecule has 0 aromatic carbocycles. The van der Waals surface area contributed by atoms with E-state index in [1.54, 1.807) is 0 Å². The van der Waals surface area contributed by atoms with Crippen molar-refractivity contribution in [2.45, 2.75) is 44.9 Å². The topological polar surface area (TPSA) is 68.9 Å². The highest BCUT2D eigenvalue weighted by Crippen LogP contribution is 2.24. The molecule has 19 heavy (non-hydrogen) atoms. The SMILES string of the molecule is N#Cc1cc2c(nc1NCCCCCO)CCCC2. The Balaban J connectivity index is 2.01. The first-order valence-electron chi connectivity index (χ1n) is 7.13. The summed E-state index contributed by atoms with van der Waals surface area (Å²) in [5, 5.41) is 21.2. The van der Waals surface area contributed by atoms with Gasteiger partial charge in [0.15, 0.2) is 0 Å². The smallest absolute Gasteiger partial charge is 0.144 e. The van der Waals surface area contributed by atoms with Crippen molar-refractivity contribution in [1.29, 1.82) is 5.26 Å². The van der Waals surface area contributed by atoms with Crippen molar-refractivity contribution in [3.63, 3.8) is 0 Å². The average molecular weight is 259 g/mol. The number of pyridine rings is 1. The molecule has 2 N–H and O–H groups in total. The van der Waals surface area contributed by atoms with Crippen LogP contribution in [0.25, 0.3) is 0 Å². The van der Waals surface area contributed by atoms with Crippen LogP contribution in [0.4, 0.5) is 5.82 Å². The second-order valence-corrected chi connectivity index (χ2v) is 5.02. The van der Waals surface area contributed by atoms with Crippen molar-refractivity contribution >= 4 is 5.82 Å². The van der Waals surface area contributed by atoms with E-state index in [9.17, 15) is 5.26 Å². The summed E-state index contributed by atoms with van der Waals surface area (Å²) in [7, 11) is 0. The summed E-state index contributed by atoms with van der Waals surface area (Å²) >= 11 is 0. The fraction of sp³-hybridized carbons (Fsp3) is 0.600. The predicted octanol–water partition coefficient (Wildman–Crippen LogP) is 2.41. The van der Waals surface area contributed by atoms with Crippen molar-refractivity contribution in [3.05, 3.63) is 22.9 Å². The van der Waals surface area contributed by atoms with Gasteiger partial charge in [-0.05, 0) is 56.6 Å². The van der Waals surface area contributed by atoms with Crippen LogP contribution in [-0.2, 0) is 12.8 Å². The molecule has 0 fully saturated rings. The lowest BCUT2D eigenvalue weighted by atomic mass is 9.95. The van der Waals surface area contributed by atoms with Gasteiger partial charge in [-0.25, -0.2) is 4.98 Å². The van der Waals surface area contributed by atoms with Crippen LogP contribution in [0.5, 0.6) is 0 Å². The molecule has 0 aliphatic heterocycles. The number of aliphatic hydroxyl groups excluding tert-OH is 1. The number of nitrogens with one attached hydrogen (secondary N) is 1. The minimum absolute atomic E-state index is 0.251. The molecule has 1 aromatic rings. The standard InChI is InChI=1S/C15H21N3O/c16-11-13-10-12-6-2-3-7-14(12)18-15(13)17-8-4-1-5-9-19/h10,19H,1-9H2,(H,17,18). The van der Waals surface area contributed by atoms with Gasteiger partial charge in [0.2, 0.25) is 0 Å². The van der Waals surface area contributed by atoms with Crippen LogP contribution in [0.15, 0.2) is 6.07 Å². The van der Waals surface area contributed by atoms with E-state index in [0.717, 1.165) is 50.2 Å². The van der Waals surface area contributed by atoms with Crippen LogP contribution in [0, 0.1) is 11.3 Å². The molecular formula is C15H21N3O. The summed E-state index contributed by atoms with van der Waals surface area (Å²) in [6, 6.07) is 4.23. The Hall–Kier alpha value is -1.60. The average Bonchev–Trinajstić information content (AvgIpc) is 2.46. The Labute approximate surface area is 114 Å². The Bertz CT molecular complexity index is 465. The lowest BCUT2D eigenvalue weighted by molar-refractivity contribution is 0.283. The molecule has 102 valence electrons. The van der Waals surface area contributed by atoms with Crippen molar-refractivity contribution in [2.24, 2.45) is 0 Å². The summed E-state index contributed by atoms with van der Waals surface area (Å²) in [5.74, 6) is 0.729. The van der Waals surface area contributed by atoms with Crippen molar-refractivity contribution in [3.8, 4) is 6.07 Å². The third-order valence-electron chi connectivity index (χ3n) is 3.55. The summed E-state index contributed by atoms with van der Waals surface area (Å²) in [4.78, 5) is 4.62. The van der Waals surface area contributed by atoms with Crippen LogP contribution in [0.3, 0.4) is 0 Å². The molecule has 1 aromatic heterocycles. The maximum absolute atomic E-state index is 9.20. The highest BCUT2D eigenvalue weighted by molar-refractivity contribution is 5.54. The Morgan fingerprint density at radius 3 is 2.89 bits per heavy atom. The molecule has 2 rings (SSSR count). The number of rotatable bonds is 6. The molecule has 1 aliphatic rings. The summed E-state index contributed by atoms with van der Waals surface area (Å²) < 4.78 is 0. The largest absolute Gasteiger partial charge is 0.396 e. The normalized spacial score (nSPS) is 13.7. The zero-order chi connectivity index (χ0) is 13.5. The number of nitrogens with zero attached hydrogens (tertiary/aromatic N) is 2. The molecule has 4 heteroatoms. The van der Waals surface area contributed by atoms with Gasteiger partial charge in [-0.1, -0.05) is 0 Å². The highest BCUT2D eigenvalue weighted by Gasteiger charge is 2.14. The van der Waals surface area contributed by atoms with E-state index in [1.807, 2.05) is 6.07 Å². The minimum atomic E-state index is 0.251. The van der Waals surface area contributed by atoms with Crippen molar-refractivity contribution < 1.29 is 5.11 Å². The van der Waals surface area contributed by atoms with Gasteiger partial charge in [-0.15, -0.1) is 0 Å². The number of aliphatic hydroxyl groups is 1. The third kappa shape index (κ3) is 3.68. The molecule has 1 aliphatic carbocycles. The van der Waals surface area contributed by atoms with Crippen molar-refractivity contribution in [2.75, 3.05) is 18.5 Å². The molecule has 4 nitrogen and oxygen atoms in total. The van der Waals surface area contributed by atoms with Gasteiger partial charge < -0.3 is 10.4 Å². The second kappa shape index (κ2) is 7.10. The number of aryl methyl sites for hydroxylation is 2. The molecule has 0 radical (unpaired) electrons. The number of hydrogen-bond acceptors (Lipinski definition) is 4. The van der Waals surface area contributed by atoms with E-state index in [2.05, 4.69) is 16.4 Å². The first kappa shape index (κ1) is 13.8. The Morgan fingerprint density at radius 1 is 1.26 bits per heavy atom. The molecule has 0 amide bonds. The van der Waals surface area contributed by atoms with Crippen LogP contribution in [-0.4, -0.2) is 23.2 Å². The van der Waals surface area contributed by atoms with Crippen LogP contribution in [0.1, 0.15) is 48.9 Å². The monoisotopic (exact) mass is 259 g/mol. The van der Waals surface area contributed by atoms with Gasteiger partial charge in [-0.2, -0.15) is 5.26 Å². The van der Waals surface area contributed by atoms with Crippen LogP contribution < -0.4 is 5.32 Å². The fourth-order valence-electron chi connectivity index (χ4n) is 2.47. The minimum Gasteiger partial charge on any atom is -0.396 e. The number of aromatic nitrogens is 1. The molecule has 0 spiro atoms. The van der Waals surface area contributed by atoms with Gasteiger partial charge in [0, 0.05) is 18.8 Å². The number of anilines is 1. The number of hydrogen-bond donors (Lipinski definition) is 2. The molecule has 0 saturated carbocycles. The number of fused-ring (bicyclic) bond motifs is 1. The van der Waals surface area contributed by atoms with Gasteiger partial charge in [0.05, 0.1) is 5.56 Å². The maximum atomic E-state index is 9.20. The lowest BCUT2D eigenvalue weighted by Gasteiger charge is -2.17. The van der Waals surface area contributed by atoms with E-state index in [1.165, 1.54) is 18.4 Å². The molecule has 1 heterocycles. The number of nitriles is 1. The zero-order valence-electron chi connectivity index (χ0n) is 11.3. The second-order valence-electron chi connectivity index (χ2n) is 5.02. The van der Waals surface area contributed by atoms with Crippen molar-refractivity contribution in [1.82, 2.24) is 4.98 Å². The summed E-state index contributed by atoms with van der Waals surface area (Å²) in [6.07, 6.45) is 7.30. The molecule has 0 atom stereocenters.